The van der Waals surface area contributed by atoms with Gasteiger partial charge in [0.2, 0.25) is 29.4 Å². The number of aliphatic hydroxyl groups is 2. The highest BCUT2D eigenvalue weighted by molar-refractivity contribution is 6.74. The van der Waals surface area contributed by atoms with Crippen LogP contribution in [0.3, 0.4) is 0 Å². The quantitative estimate of drug-likeness (QED) is 0.00839. The number of amides is 3. The number of hydrogen-bond donors (Lipinski definition) is 5. The summed E-state index contributed by atoms with van der Waals surface area (Å²) in [5.41, 5.74) is 14.9. The molecule has 33 heteroatoms. The number of halogens is 6. The van der Waals surface area contributed by atoms with Crippen LogP contribution in [0.25, 0.3) is 45.7 Å². The van der Waals surface area contributed by atoms with E-state index in [-0.39, 0.29) is 128 Å². The summed E-state index contributed by atoms with van der Waals surface area (Å²) in [6, 6.07) is 30.4. The van der Waals surface area contributed by atoms with Gasteiger partial charge in [-0.05, 0) is 186 Å². The normalized spacial score (nSPS) is 18.8. The molecule has 3 aliphatic carbocycles. The topological polar surface area (TPSA) is 340 Å². The average molecular weight is 1650 g/mol. The molecule has 3 atom stereocenters. The molecule has 8 aromatic rings. The molecule has 3 aliphatic heterocycles. The summed E-state index contributed by atoms with van der Waals surface area (Å²) >= 11 is 0. The predicted molar refractivity (Wildman–Crippen MR) is 421 cm³/mol. The summed E-state index contributed by atoms with van der Waals surface area (Å²) in [5.74, 6) is 0.274. The number of alkyl halides is 6. The van der Waals surface area contributed by atoms with Crippen molar-refractivity contribution in [2.24, 2.45) is 10.9 Å². The van der Waals surface area contributed by atoms with Gasteiger partial charge in [-0.15, -0.1) is 0 Å². The number of β-amino-alcohol motifs (C(OH)–C–C–N with tert-alkyl or cyclic N) is 2. The van der Waals surface area contributed by atoms with Crippen molar-refractivity contribution < 1.29 is 108 Å². The maximum absolute atomic E-state index is 13.0. The molecule has 26 nitrogen and oxygen atoms in total. The van der Waals surface area contributed by atoms with Gasteiger partial charge in [-0.3, -0.25) is 14.4 Å². The Hall–Kier alpha value is -10.8. The summed E-state index contributed by atoms with van der Waals surface area (Å²) in [6.45, 7) is 16.4. The number of oxime groups is 1. The number of aliphatic hydroxyl groups excluding tert-OH is 2. The van der Waals surface area contributed by atoms with Gasteiger partial charge >= 0.3 is 25.8 Å². The van der Waals surface area contributed by atoms with Crippen LogP contribution < -0.4 is 34.2 Å². The minimum absolute atomic E-state index is 0.0517. The van der Waals surface area contributed by atoms with Crippen molar-refractivity contribution in [3.8, 4) is 80.2 Å². The van der Waals surface area contributed by atoms with Gasteiger partial charge in [0.15, 0.2) is 48.7 Å². The standard InChI is InChI=1S/2C26H27F2N3O5.C21H33N3O3Si.C11H12F2O4/c2*1-15(2)34-20-7-6-16(12-21(20)35-25(27)28)24-29-23(30-36-24)18-4-3-5-19-17(18)8-9-26(19)13-22(33)31(14-26)10-11-32;1-20(2,3)28(4,5)27-12-11-24-14-21(13-18(24)25)10-9-15-16(19(22)23-26)7-6-8-17(15)21;1-6(2)16-8-4-3-7(10(14)15)5-9(8)17-11(12)13/h2*3-7,12,15,25,32H,8-11,13-14H2,1-2H3;6-8,26H,9-14H2,1-5H3,(H2,22,23);3-6,11H,1-2H3,(H,14,15). The Morgan fingerprint density at radius 3 is 1.29 bits per heavy atom. The van der Waals surface area contributed by atoms with E-state index in [2.05, 4.69) is 79.6 Å². The fourth-order valence-electron chi connectivity index (χ4n) is 16.0. The third-order valence-corrected chi connectivity index (χ3v) is 26.7. The number of nitrogens with two attached hydrogens (primary N) is 1. The highest BCUT2D eigenvalue weighted by atomic mass is 28.4. The predicted octanol–water partition coefficient (Wildman–Crippen LogP) is 14.4. The minimum atomic E-state index is -3.03. The largest absolute Gasteiger partial charge is 0.487 e. The van der Waals surface area contributed by atoms with Gasteiger partial charge in [-0.25, -0.2) is 4.79 Å². The first-order valence-electron chi connectivity index (χ1n) is 38.7. The second-order valence-corrected chi connectivity index (χ2v) is 36.9. The molecule has 0 radical (unpaired) electrons. The number of likely N-dealkylation sites (tertiary alicyclic amines) is 3. The fourth-order valence-corrected chi connectivity index (χ4v) is 17.0. The minimum Gasteiger partial charge on any atom is -0.487 e. The van der Waals surface area contributed by atoms with Gasteiger partial charge in [0, 0.05) is 103 Å². The lowest BCUT2D eigenvalue weighted by Gasteiger charge is -2.36. The van der Waals surface area contributed by atoms with E-state index in [4.69, 9.17) is 43.7 Å². The van der Waals surface area contributed by atoms with E-state index < -0.39 is 34.1 Å². The van der Waals surface area contributed by atoms with Crippen LogP contribution in [0.2, 0.25) is 18.1 Å². The lowest BCUT2D eigenvalue weighted by molar-refractivity contribution is -0.128. The number of carboxylic acids is 1. The van der Waals surface area contributed by atoms with Crippen molar-refractivity contribution in [2.45, 2.75) is 193 Å². The molecule has 3 unspecified atom stereocenters. The van der Waals surface area contributed by atoms with E-state index in [1.165, 1.54) is 42.0 Å². The van der Waals surface area contributed by atoms with E-state index in [1.54, 1.807) is 63.5 Å². The molecule has 6 aromatic carbocycles. The van der Waals surface area contributed by atoms with E-state index in [9.17, 15) is 55.7 Å². The van der Waals surface area contributed by atoms with Crippen LogP contribution in [0.1, 0.15) is 150 Å². The molecule has 3 amide bonds. The maximum atomic E-state index is 13.0. The molecule has 3 fully saturated rings. The summed E-state index contributed by atoms with van der Waals surface area (Å²) in [6.07, 6.45) is 5.63. The second kappa shape index (κ2) is 36.4. The van der Waals surface area contributed by atoms with Crippen molar-refractivity contribution in [2.75, 3.05) is 59.1 Å². The van der Waals surface area contributed by atoms with Crippen LogP contribution in [0.15, 0.2) is 123 Å². The van der Waals surface area contributed by atoms with Gasteiger partial charge < -0.3 is 82.9 Å². The van der Waals surface area contributed by atoms with Crippen molar-refractivity contribution in [3.63, 3.8) is 0 Å². The zero-order chi connectivity index (χ0) is 84.6. The number of carbonyl (C=O) groups is 4. The number of hydrogen-bond acceptors (Lipinski definition) is 21. The van der Waals surface area contributed by atoms with Crippen LogP contribution in [-0.4, -0.2) is 191 Å². The van der Waals surface area contributed by atoms with E-state index in [0.717, 1.165) is 95.6 Å². The zero-order valence-electron chi connectivity index (χ0n) is 67.1. The molecule has 6 N–H and O–H groups in total. The number of aromatic carboxylic acids is 1. The van der Waals surface area contributed by atoms with Crippen LogP contribution in [0, 0.1) is 0 Å². The van der Waals surface area contributed by atoms with Crippen molar-refractivity contribution in [3.05, 3.63) is 154 Å². The number of amidine groups is 1. The summed E-state index contributed by atoms with van der Waals surface area (Å²) in [7, 11) is -1.81. The molecule has 6 aliphatic rings. The molecule has 5 heterocycles. The molecule has 117 heavy (non-hydrogen) atoms. The SMILES string of the molecule is CC(C)(C)[Si](C)(C)OCCN1CC2(CCc3c(C(N)=NO)cccc32)CC1=O.CC(C)Oc1ccc(-c2nc(-c3cccc4c3CCC43CC(=O)N(CCO)C3)no2)cc1OC(F)F.CC(C)Oc1ccc(-c2nc(-c3cccc4c3CCC43CC(=O)N(CCO)C3)no2)cc1OC(F)F.CC(C)Oc1ccc(C(=O)O)cc1OC(F)F. The first kappa shape index (κ1) is 87.1. The number of ether oxygens (including phenoxy) is 6. The van der Waals surface area contributed by atoms with Gasteiger partial charge in [0.05, 0.1) is 43.7 Å². The number of rotatable bonds is 26. The second-order valence-electron chi connectivity index (χ2n) is 32.1. The monoisotopic (exact) mass is 1650 g/mol. The third kappa shape index (κ3) is 19.8. The van der Waals surface area contributed by atoms with Crippen LogP contribution >= 0.6 is 0 Å². The number of carboxylic acid groups (broad SMARTS) is 1. The fraction of sp³-hybridized carbons (Fsp3) is 0.464. The van der Waals surface area contributed by atoms with Crippen molar-refractivity contribution in [1.29, 1.82) is 0 Å². The molecular formula is C84H99F6N9O17Si. The van der Waals surface area contributed by atoms with Crippen molar-refractivity contribution >= 4 is 37.8 Å². The molecule has 0 bridgehead atoms. The maximum Gasteiger partial charge on any atom is 0.387 e. The van der Waals surface area contributed by atoms with Crippen molar-refractivity contribution in [1.82, 2.24) is 35.0 Å². The van der Waals surface area contributed by atoms with Gasteiger partial charge in [0.25, 0.3) is 11.8 Å². The van der Waals surface area contributed by atoms with Gasteiger partial charge in [-0.1, -0.05) is 90.8 Å². The Balaban J connectivity index is 0.000000158. The Bertz CT molecular complexity index is 4730. The van der Waals surface area contributed by atoms with E-state index in [0.29, 0.717) is 81.4 Å². The summed E-state index contributed by atoms with van der Waals surface area (Å²) in [5, 5.41) is 48.1. The summed E-state index contributed by atoms with van der Waals surface area (Å²) in [4.78, 5) is 63.0. The van der Waals surface area contributed by atoms with Crippen LogP contribution in [0.5, 0.6) is 34.5 Å². The van der Waals surface area contributed by atoms with Gasteiger partial charge in [0.1, 0.15) is 0 Å². The molecule has 14 rings (SSSR count). The number of aromatic nitrogens is 4. The first-order chi connectivity index (χ1) is 55.5. The lowest BCUT2D eigenvalue weighted by atomic mass is 9.80. The Kier molecular flexibility index (Phi) is 27.1. The molecule has 3 spiro atoms. The Labute approximate surface area is 674 Å². The Morgan fingerprint density at radius 2 is 0.915 bits per heavy atom. The molecular weight excluding hydrogens is 1550 g/mol. The lowest BCUT2D eigenvalue weighted by Crippen LogP contribution is -2.43. The highest BCUT2D eigenvalue weighted by Gasteiger charge is 2.52. The molecule has 3 saturated heterocycles. The number of fused-ring (bicyclic) bond motifs is 6. The number of carbonyl (C=O) groups excluding carboxylic acids is 3. The van der Waals surface area contributed by atoms with Gasteiger partial charge in [-0.2, -0.15) is 36.3 Å². The number of benzene rings is 6. The van der Waals surface area contributed by atoms with E-state index >= 15 is 0 Å². The Morgan fingerprint density at radius 1 is 0.538 bits per heavy atom. The average Bonchev–Trinajstić information content (AvgIpc) is 1.58. The van der Waals surface area contributed by atoms with E-state index in [1.807, 2.05) is 53.4 Å². The first-order valence-corrected chi connectivity index (χ1v) is 41.6. The van der Waals surface area contributed by atoms with Crippen LogP contribution in [-0.2, 0) is 54.3 Å². The third-order valence-electron chi connectivity index (χ3n) is 22.2. The number of nitrogens with zero attached hydrogens (tertiary/aromatic N) is 8. The smallest absolute Gasteiger partial charge is 0.387 e. The zero-order valence-corrected chi connectivity index (χ0v) is 68.1. The highest BCUT2D eigenvalue weighted by Crippen LogP contribution is 2.52. The summed E-state index contributed by atoms with van der Waals surface area (Å²) < 4.78 is 123. The molecule has 0 saturated carbocycles. The van der Waals surface area contributed by atoms with Crippen LogP contribution in [0.4, 0.5) is 26.3 Å². The molecule has 628 valence electrons. The molecule has 2 aromatic heterocycles.